The molecule has 2 aromatic rings. The van der Waals surface area contributed by atoms with Gasteiger partial charge in [0.15, 0.2) is 24.4 Å². The lowest BCUT2D eigenvalue weighted by molar-refractivity contribution is -0.311. The summed E-state index contributed by atoms with van der Waals surface area (Å²) in [5.74, 6) is -4.80. The number of carbonyl (C=O) groups is 5. The summed E-state index contributed by atoms with van der Waals surface area (Å²) in [4.78, 5) is 81.9. The van der Waals surface area contributed by atoms with Crippen LogP contribution in [0.25, 0.3) is 0 Å². The molecule has 1 fully saturated rings. The van der Waals surface area contributed by atoms with Crippen LogP contribution in [0.15, 0.2) is 60.7 Å². The zero-order valence-electron chi connectivity index (χ0n) is 24.9. The molecule has 16 heteroatoms. The number of esters is 5. The van der Waals surface area contributed by atoms with Crippen LogP contribution in [-0.2, 0) is 67.1 Å². The molecule has 1 heterocycles. The fourth-order valence-corrected chi connectivity index (χ4v) is 5.54. The van der Waals surface area contributed by atoms with Crippen LogP contribution in [0.2, 0.25) is 0 Å². The van der Waals surface area contributed by atoms with Gasteiger partial charge in [-0.15, -0.1) is 0 Å². The summed E-state index contributed by atoms with van der Waals surface area (Å²) < 4.78 is 50.8. The van der Waals surface area contributed by atoms with Gasteiger partial charge in [-0.1, -0.05) is 60.7 Å². The molecule has 1 saturated heterocycles. The van der Waals surface area contributed by atoms with Gasteiger partial charge in [0.05, 0.1) is 0 Å². The van der Waals surface area contributed by atoms with Crippen LogP contribution in [0.4, 0.5) is 0 Å². The monoisotopic (exact) mass is 652 g/mol. The van der Waals surface area contributed by atoms with Crippen molar-refractivity contribution in [2.45, 2.75) is 77.0 Å². The van der Waals surface area contributed by atoms with E-state index < -0.39 is 80.1 Å². The Morgan fingerprint density at radius 2 is 1.13 bits per heavy atom. The summed E-state index contributed by atoms with van der Waals surface area (Å²) in [5, 5.41) is 0. The van der Waals surface area contributed by atoms with E-state index in [0.29, 0.717) is 0 Å². The van der Waals surface area contributed by atoms with Crippen LogP contribution < -0.4 is 0 Å². The highest BCUT2D eigenvalue weighted by molar-refractivity contribution is 7.46. The van der Waals surface area contributed by atoms with E-state index in [1.807, 2.05) is 0 Å². The first-order valence-corrected chi connectivity index (χ1v) is 15.0. The van der Waals surface area contributed by atoms with E-state index in [1.165, 1.54) is 0 Å². The number of phosphoric ester groups is 1. The molecule has 0 bridgehead atoms. The van der Waals surface area contributed by atoms with Crippen molar-refractivity contribution in [2.24, 2.45) is 0 Å². The lowest BCUT2D eigenvalue weighted by atomic mass is 9.76. The molecule has 1 aliphatic heterocycles. The Labute approximate surface area is 257 Å². The van der Waals surface area contributed by atoms with Crippen LogP contribution in [0.1, 0.15) is 45.7 Å². The van der Waals surface area contributed by atoms with Crippen molar-refractivity contribution in [3.63, 3.8) is 0 Å². The van der Waals surface area contributed by atoms with Crippen molar-refractivity contribution >= 4 is 37.7 Å². The fraction of sp³-hybridized carbons (Fsp3) is 0.414. The van der Waals surface area contributed by atoms with Gasteiger partial charge in [-0.05, 0) is 0 Å². The van der Waals surface area contributed by atoms with Gasteiger partial charge in [0.2, 0.25) is 11.9 Å². The van der Waals surface area contributed by atoms with Gasteiger partial charge >= 0.3 is 37.7 Å². The first-order valence-electron chi connectivity index (χ1n) is 13.4. The number of phosphoric acid groups is 1. The summed E-state index contributed by atoms with van der Waals surface area (Å²) in [7, 11) is -5.44. The van der Waals surface area contributed by atoms with Crippen molar-refractivity contribution in [3.05, 3.63) is 71.8 Å². The third kappa shape index (κ3) is 8.96. The molecule has 0 aliphatic carbocycles. The second-order valence-corrected chi connectivity index (χ2v) is 11.1. The number of benzene rings is 2. The van der Waals surface area contributed by atoms with Gasteiger partial charge in [-0.2, -0.15) is 0 Å². The van der Waals surface area contributed by atoms with E-state index >= 15 is 0 Å². The van der Waals surface area contributed by atoms with Gasteiger partial charge in [0.1, 0.15) is 6.10 Å². The Kier molecular flexibility index (Phi) is 11.6. The highest BCUT2D eigenvalue weighted by Gasteiger charge is 2.62. The second-order valence-electron chi connectivity index (χ2n) is 9.88. The van der Waals surface area contributed by atoms with Crippen LogP contribution in [0.3, 0.4) is 0 Å². The fourth-order valence-electron chi connectivity index (χ4n) is 5.10. The molecule has 0 aromatic heterocycles. The molecule has 0 unspecified atom stereocenters. The van der Waals surface area contributed by atoms with E-state index in [-0.39, 0.29) is 11.1 Å². The molecule has 45 heavy (non-hydrogen) atoms. The van der Waals surface area contributed by atoms with E-state index in [1.54, 1.807) is 60.7 Å². The average molecular weight is 653 g/mol. The highest BCUT2D eigenvalue weighted by Crippen LogP contribution is 2.47. The minimum Gasteiger partial charge on any atom is -0.455 e. The first kappa shape index (κ1) is 35.3. The zero-order valence-corrected chi connectivity index (χ0v) is 25.8. The van der Waals surface area contributed by atoms with Gasteiger partial charge in [0, 0.05) is 45.7 Å². The molecule has 2 aromatic carbocycles. The Morgan fingerprint density at radius 1 is 0.689 bits per heavy atom. The predicted molar refractivity (Wildman–Crippen MR) is 149 cm³/mol. The topological polar surface area (TPSA) is 207 Å². The summed E-state index contributed by atoms with van der Waals surface area (Å²) in [6.07, 6.45) is -11.5. The van der Waals surface area contributed by atoms with E-state index in [0.717, 1.165) is 34.6 Å². The lowest BCUT2D eigenvalue weighted by Crippen LogP contribution is -2.67. The zero-order chi connectivity index (χ0) is 33.5. The average Bonchev–Trinajstić information content (AvgIpc) is 2.93. The predicted octanol–water partition coefficient (Wildman–Crippen LogP) is 2.05. The van der Waals surface area contributed by atoms with Gasteiger partial charge in [-0.25, -0.2) is 4.57 Å². The maximum Gasteiger partial charge on any atom is 0.472 e. The lowest BCUT2D eigenvalue weighted by Gasteiger charge is -2.49. The van der Waals surface area contributed by atoms with Gasteiger partial charge < -0.3 is 38.2 Å². The molecular formula is C29H33O15P. The first-order chi connectivity index (χ1) is 21.0. The van der Waals surface area contributed by atoms with Crippen molar-refractivity contribution in [1.29, 1.82) is 0 Å². The molecule has 0 spiro atoms. The molecule has 1 aliphatic rings. The van der Waals surface area contributed by atoms with Crippen LogP contribution in [0, 0.1) is 0 Å². The summed E-state index contributed by atoms with van der Waals surface area (Å²) in [5.41, 5.74) is -1.66. The number of carbonyl (C=O) groups excluding carboxylic acids is 5. The minimum atomic E-state index is -5.44. The molecule has 6 atom stereocenters. The quantitative estimate of drug-likeness (QED) is 0.202. The number of hydrogen-bond acceptors (Lipinski definition) is 13. The van der Waals surface area contributed by atoms with Gasteiger partial charge in [0.25, 0.3) is 0 Å². The third-order valence-electron chi connectivity index (χ3n) is 6.38. The Morgan fingerprint density at radius 3 is 1.53 bits per heavy atom. The maximum absolute atomic E-state index is 12.8. The SMILES string of the molecule is CC(=O)O[C@H]1[C@H](OC(C)=O)[C@@H]([C@H](OC(C)=O)C(OC(C)=O)(c2ccccc2)c2ccccc2)O[C@@H](OP(=O)(O)O)[C@H]1OC(C)=O. The smallest absolute Gasteiger partial charge is 0.455 e. The van der Waals surface area contributed by atoms with Gasteiger partial charge in [-0.3, -0.25) is 28.5 Å². The number of hydrogen-bond donors (Lipinski definition) is 2. The summed E-state index contributed by atoms with van der Waals surface area (Å²) >= 11 is 0. The highest BCUT2D eigenvalue weighted by atomic mass is 31.2. The molecule has 0 amide bonds. The molecule has 2 N–H and O–H groups in total. The summed E-state index contributed by atoms with van der Waals surface area (Å²) in [6.45, 7) is 5.04. The van der Waals surface area contributed by atoms with Crippen molar-refractivity contribution in [1.82, 2.24) is 0 Å². The molecule has 0 saturated carbocycles. The standard InChI is InChI=1S/C29H33O15P/c1-16(30)38-23-24(39-17(2)31)26(40-18(3)32)28(44-45(35,36)37)42-25(23)27(41-19(4)33)29(43-20(5)34,21-12-8-6-9-13-21)22-14-10-7-11-15-22/h6-15,23-28H,1-5H3,(H2,35,36,37)/t23-,24-,25-,26-,27-,28-/m0/s1. The van der Waals surface area contributed by atoms with E-state index in [4.69, 9.17) is 32.9 Å². The third-order valence-corrected chi connectivity index (χ3v) is 6.86. The number of rotatable bonds is 11. The molecule has 0 radical (unpaired) electrons. The van der Waals surface area contributed by atoms with Crippen LogP contribution in [0.5, 0.6) is 0 Å². The molecular weight excluding hydrogens is 619 g/mol. The van der Waals surface area contributed by atoms with Crippen molar-refractivity contribution < 1.29 is 71.3 Å². The van der Waals surface area contributed by atoms with Crippen molar-refractivity contribution in [3.8, 4) is 0 Å². The maximum atomic E-state index is 12.8. The van der Waals surface area contributed by atoms with E-state index in [2.05, 4.69) is 0 Å². The Balaban J connectivity index is 2.44. The Hall–Kier alpha value is -4.14. The van der Waals surface area contributed by atoms with Crippen LogP contribution in [-0.4, -0.2) is 76.4 Å². The molecule has 3 rings (SSSR count). The largest absolute Gasteiger partial charge is 0.472 e. The second kappa shape index (κ2) is 14.8. The molecule has 244 valence electrons. The van der Waals surface area contributed by atoms with Crippen LogP contribution >= 0.6 is 7.82 Å². The minimum absolute atomic E-state index is 0.224. The normalized spacial score (nSPS) is 22.3. The molecule has 15 nitrogen and oxygen atoms in total. The summed E-state index contributed by atoms with van der Waals surface area (Å²) in [6, 6.07) is 15.9. The Bertz CT molecular complexity index is 1380. The van der Waals surface area contributed by atoms with Crippen molar-refractivity contribution in [2.75, 3.05) is 0 Å². The van der Waals surface area contributed by atoms with E-state index in [9.17, 15) is 38.3 Å². The number of ether oxygens (including phenoxy) is 6.